The maximum absolute atomic E-state index is 10.7. The zero-order chi connectivity index (χ0) is 10.5. The van der Waals surface area contributed by atoms with E-state index < -0.39 is 10.7 Å². The lowest BCUT2D eigenvalue weighted by Gasteiger charge is -2.17. The number of hydrogen-bond donors (Lipinski definition) is 1. The lowest BCUT2D eigenvalue weighted by Crippen LogP contribution is -2.27. The van der Waals surface area contributed by atoms with Crippen LogP contribution in [0.4, 0.5) is 0 Å². The highest BCUT2D eigenvalue weighted by atomic mass is 32.2. The molecule has 0 rings (SSSR count). The van der Waals surface area contributed by atoms with Crippen molar-refractivity contribution in [1.29, 1.82) is 0 Å². The summed E-state index contributed by atoms with van der Waals surface area (Å²) in [5, 5.41) is 8.73. The maximum atomic E-state index is 10.7. The number of rotatable bonds is 5. The minimum Gasteiger partial charge on any atom is -0.480 e. The van der Waals surface area contributed by atoms with Crippen molar-refractivity contribution in [2.75, 3.05) is 12.9 Å². The van der Waals surface area contributed by atoms with Gasteiger partial charge in [0.05, 0.1) is 13.5 Å². The molecule has 4 nitrogen and oxygen atoms in total. The number of esters is 1. The first kappa shape index (κ1) is 12.3. The van der Waals surface area contributed by atoms with Crippen LogP contribution in [0.1, 0.15) is 20.3 Å². The monoisotopic (exact) mass is 206 g/mol. The van der Waals surface area contributed by atoms with Crippen LogP contribution in [0, 0.1) is 0 Å². The topological polar surface area (TPSA) is 63.6 Å². The van der Waals surface area contributed by atoms with E-state index in [1.54, 1.807) is 13.8 Å². The first-order chi connectivity index (χ1) is 5.90. The number of aliphatic carboxylic acids is 1. The zero-order valence-electron chi connectivity index (χ0n) is 7.99. The SMILES string of the molecule is COC(=O)CCSC(C)(C)C(=O)O. The molecule has 0 aromatic carbocycles. The second-order valence-electron chi connectivity index (χ2n) is 2.99. The minimum atomic E-state index is -0.873. The number of hydrogen-bond acceptors (Lipinski definition) is 4. The Hall–Kier alpha value is -0.710. The van der Waals surface area contributed by atoms with Crippen molar-refractivity contribution in [3.63, 3.8) is 0 Å². The molecule has 76 valence electrons. The first-order valence-electron chi connectivity index (χ1n) is 3.84. The van der Waals surface area contributed by atoms with Gasteiger partial charge in [0.1, 0.15) is 4.75 Å². The third-order valence-electron chi connectivity index (χ3n) is 1.51. The van der Waals surface area contributed by atoms with E-state index in [9.17, 15) is 9.59 Å². The fourth-order valence-electron chi connectivity index (χ4n) is 0.553. The molecule has 0 saturated heterocycles. The van der Waals surface area contributed by atoms with Crippen molar-refractivity contribution in [3.05, 3.63) is 0 Å². The molecule has 0 bridgehead atoms. The van der Waals surface area contributed by atoms with Crippen molar-refractivity contribution in [2.45, 2.75) is 25.0 Å². The van der Waals surface area contributed by atoms with Crippen molar-refractivity contribution >= 4 is 23.7 Å². The average molecular weight is 206 g/mol. The quantitative estimate of drug-likeness (QED) is 0.683. The molecular formula is C8H14O4S. The van der Waals surface area contributed by atoms with Gasteiger partial charge in [-0.05, 0) is 13.8 Å². The molecule has 1 N–H and O–H groups in total. The van der Waals surface area contributed by atoms with Gasteiger partial charge in [0.2, 0.25) is 0 Å². The standard InChI is InChI=1S/C8H14O4S/c1-8(2,7(10)11)13-5-4-6(9)12-3/h4-5H2,1-3H3,(H,10,11). The number of carboxylic acids is 1. The van der Waals surface area contributed by atoms with Gasteiger partial charge in [-0.2, -0.15) is 0 Å². The lowest BCUT2D eigenvalue weighted by molar-refractivity contribution is -0.140. The van der Waals surface area contributed by atoms with E-state index >= 15 is 0 Å². The van der Waals surface area contributed by atoms with Crippen molar-refractivity contribution in [1.82, 2.24) is 0 Å². The second-order valence-corrected chi connectivity index (χ2v) is 4.71. The van der Waals surface area contributed by atoms with E-state index in [4.69, 9.17) is 5.11 Å². The molecule has 0 amide bonds. The summed E-state index contributed by atoms with van der Waals surface area (Å²) in [5.74, 6) is -0.720. The summed E-state index contributed by atoms with van der Waals surface area (Å²) in [6.45, 7) is 3.22. The average Bonchev–Trinajstić information content (AvgIpc) is 2.03. The summed E-state index contributed by atoms with van der Waals surface area (Å²) < 4.78 is 3.59. The molecule has 0 unspecified atom stereocenters. The Morgan fingerprint density at radius 3 is 2.38 bits per heavy atom. The van der Waals surface area contributed by atoms with E-state index in [1.807, 2.05) is 0 Å². The Morgan fingerprint density at radius 1 is 1.46 bits per heavy atom. The molecule has 5 heteroatoms. The van der Waals surface area contributed by atoms with Crippen LogP contribution < -0.4 is 0 Å². The van der Waals surface area contributed by atoms with Gasteiger partial charge in [0.15, 0.2) is 0 Å². The minimum absolute atomic E-state index is 0.248. The molecule has 0 aliphatic rings. The number of thioether (sulfide) groups is 1. The predicted octanol–water partition coefficient (Wildman–Crippen LogP) is 1.15. The van der Waals surface area contributed by atoms with E-state index in [0.29, 0.717) is 5.75 Å². The van der Waals surface area contributed by atoms with Crippen LogP contribution >= 0.6 is 11.8 Å². The molecule has 0 spiro atoms. The largest absolute Gasteiger partial charge is 0.480 e. The van der Waals surface area contributed by atoms with Gasteiger partial charge in [0.25, 0.3) is 0 Å². The number of carboxylic acid groups (broad SMARTS) is 1. The lowest BCUT2D eigenvalue weighted by atomic mass is 10.2. The molecule has 0 radical (unpaired) electrons. The van der Waals surface area contributed by atoms with E-state index in [2.05, 4.69) is 4.74 Å². The summed E-state index contributed by atoms with van der Waals surface area (Å²) in [6.07, 6.45) is 0.248. The van der Waals surface area contributed by atoms with Gasteiger partial charge in [-0.3, -0.25) is 9.59 Å². The predicted molar refractivity (Wildman–Crippen MR) is 50.8 cm³/mol. The summed E-state index contributed by atoms with van der Waals surface area (Å²) in [4.78, 5) is 21.3. The van der Waals surface area contributed by atoms with E-state index in [-0.39, 0.29) is 12.4 Å². The molecule has 0 saturated carbocycles. The number of ether oxygens (including phenoxy) is 1. The highest BCUT2D eigenvalue weighted by molar-refractivity contribution is 8.01. The Labute approximate surface area is 81.6 Å². The van der Waals surface area contributed by atoms with Crippen LogP contribution in [-0.4, -0.2) is 34.7 Å². The Kier molecular flexibility index (Phi) is 4.83. The fourth-order valence-corrected chi connectivity index (χ4v) is 1.46. The highest BCUT2D eigenvalue weighted by Gasteiger charge is 2.27. The molecule has 0 heterocycles. The molecular weight excluding hydrogens is 192 g/mol. The number of carbonyl (C=O) groups excluding carboxylic acids is 1. The summed E-state index contributed by atoms with van der Waals surface area (Å²) in [5.41, 5.74) is 0. The Bertz CT molecular complexity index is 200. The second kappa shape index (κ2) is 5.11. The van der Waals surface area contributed by atoms with Gasteiger partial charge < -0.3 is 9.84 Å². The maximum Gasteiger partial charge on any atom is 0.319 e. The van der Waals surface area contributed by atoms with Crippen molar-refractivity contribution < 1.29 is 19.4 Å². The molecule has 0 atom stereocenters. The van der Waals surface area contributed by atoms with Crippen LogP contribution in [0.2, 0.25) is 0 Å². The van der Waals surface area contributed by atoms with Crippen LogP contribution in [0.15, 0.2) is 0 Å². The van der Waals surface area contributed by atoms with Crippen LogP contribution in [0.5, 0.6) is 0 Å². The summed E-state index contributed by atoms with van der Waals surface area (Å²) >= 11 is 1.23. The van der Waals surface area contributed by atoms with E-state index in [1.165, 1.54) is 18.9 Å². The Balaban J connectivity index is 3.76. The van der Waals surface area contributed by atoms with Crippen LogP contribution in [-0.2, 0) is 14.3 Å². The van der Waals surface area contributed by atoms with Crippen LogP contribution in [0.25, 0.3) is 0 Å². The third-order valence-corrected chi connectivity index (χ3v) is 2.82. The van der Waals surface area contributed by atoms with Gasteiger partial charge in [-0.15, -0.1) is 11.8 Å². The van der Waals surface area contributed by atoms with E-state index in [0.717, 1.165) is 0 Å². The van der Waals surface area contributed by atoms with Gasteiger partial charge in [-0.1, -0.05) is 0 Å². The molecule has 0 aliphatic heterocycles. The smallest absolute Gasteiger partial charge is 0.319 e. The van der Waals surface area contributed by atoms with Crippen molar-refractivity contribution in [2.24, 2.45) is 0 Å². The third kappa shape index (κ3) is 4.77. The van der Waals surface area contributed by atoms with Crippen molar-refractivity contribution in [3.8, 4) is 0 Å². The van der Waals surface area contributed by atoms with Gasteiger partial charge in [0, 0.05) is 5.75 Å². The molecule has 0 aliphatic carbocycles. The highest BCUT2D eigenvalue weighted by Crippen LogP contribution is 2.24. The summed E-state index contributed by atoms with van der Waals surface area (Å²) in [7, 11) is 1.31. The molecule has 0 aromatic heterocycles. The fraction of sp³-hybridized carbons (Fsp3) is 0.750. The summed E-state index contributed by atoms with van der Waals surface area (Å²) in [6, 6.07) is 0. The zero-order valence-corrected chi connectivity index (χ0v) is 8.81. The normalized spacial score (nSPS) is 11.0. The van der Waals surface area contributed by atoms with Gasteiger partial charge in [-0.25, -0.2) is 0 Å². The number of methoxy groups -OCH3 is 1. The first-order valence-corrected chi connectivity index (χ1v) is 4.83. The molecule has 0 fully saturated rings. The van der Waals surface area contributed by atoms with Crippen LogP contribution in [0.3, 0.4) is 0 Å². The molecule has 0 aromatic rings. The van der Waals surface area contributed by atoms with Gasteiger partial charge >= 0.3 is 11.9 Å². The Morgan fingerprint density at radius 2 is 2.00 bits per heavy atom. The number of carbonyl (C=O) groups is 2. The molecule has 13 heavy (non-hydrogen) atoms.